The fourth-order valence-electron chi connectivity index (χ4n) is 3.21. The Morgan fingerprint density at radius 2 is 1.67 bits per heavy atom. The van der Waals surface area contributed by atoms with Gasteiger partial charge in [0.25, 0.3) is 0 Å². The molecule has 4 rings (SSSR count). The summed E-state index contributed by atoms with van der Waals surface area (Å²) in [6.07, 6.45) is 4.84. The molecular weight excluding hydrogens is 341 g/mol. The number of aromatic nitrogens is 1. The first-order valence-corrected chi connectivity index (χ1v) is 8.42. The highest BCUT2D eigenvalue weighted by atomic mass is 35.5. The maximum atomic E-state index is 13.0. The van der Waals surface area contributed by atoms with Crippen molar-refractivity contribution in [1.29, 1.82) is 0 Å². The van der Waals surface area contributed by atoms with Crippen LogP contribution in [0.3, 0.4) is 0 Å². The lowest BCUT2D eigenvalue weighted by Gasteiger charge is -2.22. The summed E-state index contributed by atoms with van der Waals surface area (Å²) < 4.78 is 0. The number of hydrogen-bond donors (Lipinski definition) is 0. The molecule has 0 aliphatic heterocycles. The maximum Gasteiger partial charge on any atom is 0.196 e. The van der Waals surface area contributed by atoms with E-state index in [1.807, 2.05) is 36.4 Å². The topological polar surface area (TPSA) is 30.0 Å². The lowest BCUT2D eigenvalue weighted by atomic mass is 9.83. The maximum absolute atomic E-state index is 13.0. The molecule has 1 aromatic heterocycles. The second kappa shape index (κ2) is 6.04. The molecule has 1 aliphatic rings. The number of ketones is 1. The van der Waals surface area contributed by atoms with Crippen LogP contribution in [0.2, 0.25) is 10.0 Å². The number of fused-ring (bicyclic) bond motifs is 2. The van der Waals surface area contributed by atoms with Gasteiger partial charge in [0.2, 0.25) is 0 Å². The third kappa shape index (κ3) is 2.52. The highest BCUT2D eigenvalue weighted by Gasteiger charge is 2.28. The standard InChI is InChI=1S/C20H13Cl2NO/c21-16-3-1-2-13-11-14-4-5-15(10-12-6-8-23-9-7-12)19(22)18(14)20(24)17(13)16/h1-9H,10-11H2. The molecule has 0 spiro atoms. The Labute approximate surface area is 150 Å². The minimum absolute atomic E-state index is 0.0848. The fourth-order valence-corrected chi connectivity index (χ4v) is 3.83. The Kier molecular flexibility index (Phi) is 3.87. The van der Waals surface area contributed by atoms with E-state index in [-0.39, 0.29) is 5.78 Å². The van der Waals surface area contributed by atoms with Crippen molar-refractivity contribution in [2.75, 3.05) is 0 Å². The van der Waals surface area contributed by atoms with Gasteiger partial charge in [-0.2, -0.15) is 0 Å². The quantitative estimate of drug-likeness (QED) is 0.500. The van der Waals surface area contributed by atoms with Crippen LogP contribution in [-0.2, 0) is 12.8 Å². The van der Waals surface area contributed by atoms with E-state index >= 15 is 0 Å². The summed E-state index contributed by atoms with van der Waals surface area (Å²) in [7, 11) is 0. The molecule has 2 aromatic carbocycles. The first-order chi connectivity index (χ1) is 11.6. The van der Waals surface area contributed by atoms with E-state index in [1.54, 1.807) is 18.5 Å². The predicted octanol–water partition coefficient (Wildman–Crippen LogP) is 5.11. The van der Waals surface area contributed by atoms with Gasteiger partial charge < -0.3 is 0 Å². The zero-order valence-corrected chi connectivity index (χ0v) is 14.2. The zero-order chi connectivity index (χ0) is 16.7. The van der Waals surface area contributed by atoms with E-state index in [2.05, 4.69) is 4.98 Å². The van der Waals surface area contributed by atoms with Crippen molar-refractivity contribution in [3.05, 3.63) is 98.3 Å². The first-order valence-electron chi connectivity index (χ1n) is 7.66. The van der Waals surface area contributed by atoms with Gasteiger partial charge in [0.05, 0.1) is 10.0 Å². The highest BCUT2D eigenvalue weighted by Crippen LogP contribution is 2.37. The van der Waals surface area contributed by atoms with Gasteiger partial charge in [-0.15, -0.1) is 0 Å². The fraction of sp³-hybridized carbons (Fsp3) is 0.100. The van der Waals surface area contributed by atoms with Crippen LogP contribution in [0, 0.1) is 0 Å². The molecule has 0 saturated carbocycles. The van der Waals surface area contributed by atoms with Gasteiger partial charge in [-0.05, 0) is 53.3 Å². The summed E-state index contributed by atoms with van der Waals surface area (Å²) in [5.74, 6) is -0.0848. The number of carbonyl (C=O) groups is 1. The van der Waals surface area contributed by atoms with Crippen LogP contribution in [0.1, 0.15) is 38.2 Å². The summed E-state index contributed by atoms with van der Waals surface area (Å²) in [5.41, 5.74) is 5.12. The van der Waals surface area contributed by atoms with Crippen molar-refractivity contribution < 1.29 is 4.79 Å². The van der Waals surface area contributed by atoms with Gasteiger partial charge in [0, 0.05) is 23.5 Å². The Morgan fingerprint density at radius 1 is 0.917 bits per heavy atom. The lowest BCUT2D eigenvalue weighted by molar-refractivity contribution is 0.103. The molecule has 0 fully saturated rings. The summed E-state index contributed by atoms with van der Waals surface area (Å²) in [4.78, 5) is 17.0. The average Bonchev–Trinajstić information content (AvgIpc) is 2.58. The average molecular weight is 354 g/mol. The Balaban J connectivity index is 1.80. The second-order valence-corrected chi connectivity index (χ2v) is 6.67. The SMILES string of the molecule is O=C1c2c(Cl)cccc2Cc2ccc(Cc3ccncc3)c(Cl)c21. The van der Waals surface area contributed by atoms with E-state index in [4.69, 9.17) is 23.2 Å². The van der Waals surface area contributed by atoms with Gasteiger partial charge in [0.1, 0.15) is 0 Å². The molecule has 0 bridgehead atoms. The van der Waals surface area contributed by atoms with Crippen LogP contribution < -0.4 is 0 Å². The van der Waals surface area contributed by atoms with Gasteiger partial charge in [0.15, 0.2) is 5.78 Å². The smallest absolute Gasteiger partial charge is 0.196 e. The molecule has 0 radical (unpaired) electrons. The molecule has 1 aliphatic carbocycles. The van der Waals surface area contributed by atoms with Crippen LogP contribution >= 0.6 is 23.2 Å². The Bertz CT molecular complexity index is 951. The Hall–Kier alpha value is -2.16. The molecular formula is C20H13Cl2NO. The van der Waals surface area contributed by atoms with Crippen molar-refractivity contribution in [3.63, 3.8) is 0 Å². The van der Waals surface area contributed by atoms with E-state index in [0.717, 1.165) is 22.3 Å². The number of rotatable bonds is 2. The molecule has 118 valence electrons. The number of benzene rings is 2. The molecule has 24 heavy (non-hydrogen) atoms. The zero-order valence-electron chi connectivity index (χ0n) is 12.7. The Morgan fingerprint density at radius 3 is 2.46 bits per heavy atom. The molecule has 0 saturated heterocycles. The molecule has 0 amide bonds. The summed E-state index contributed by atoms with van der Waals surface area (Å²) in [6.45, 7) is 0. The minimum Gasteiger partial charge on any atom is -0.288 e. The summed E-state index contributed by atoms with van der Waals surface area (Å²) >= 11 is 12.9. The third-order valence-corrected chi connectivity index (χ3v) is 5.13. The number of pyridine rings is 1. The number of carbonyl (C=O) groups excluding carboxylic acids is 1. The molecule has 1 heterocycles. The highest BCUT2D eigenvalue weighted by molar-refractivity contribution is 6.39. The van der Waals surface area contributed by atoms with Crippen molar-refractivity contribution in [2.24, 2.45) is 0 Å². The molecule has 0 unspecified atom stereocenters. The molecule has 3 aromatic rings. The van der Waals surface area contributed by atoms with E-state index in [9.17, 15) is 4.79 Å². The van der Waals surface area contributed by atoms with Crippen molar-refractivity contribution in [1.82, 2.24) is 4.98 Å². The largest absolute Gasteiger partial charge is 0.288 e. The first kappa shape index (κ1) is 15.4. The third-order valence-electron chi connectivity index (χ3n) is 4.39. The normalized spacial score (nSPS) is 12.7. The van der Waals surface area contributed by atoms with Crippen LogP contribution in [-0.4, -0.2) is 10.8 Å². The van der Waals surface area contributed by atoms with Gasteiger partial charge in [-0.25, -0.2) is 0 Å². The van der Waals surface area contributed by atoms with Gasteiger partial charge in [-0.1, -0.05) is 47.5 Å². The molecule has 0 atom stereocenters. The molecule has 4 heteroatoms. The molecule has 0 N–H and O–H groups in total. The predicted molar refractivity (Wildman–Crippen MR) is 96.2 cm³/mol. The van der Waals surface area contributed by atoms with E-state index in [1.165, 1.54) is 0 Å². The van der Waals surface area contributed by atoms with Gasteiger partial charge >= 0.3 is 0 Å². The minimum atomic E-state index is -0.0848. The van der Waals surface area contributed by atoms with Gasteiger partial charge in [-0.3, -0.25) is 9.78 Å². The summed E-state index contributed by atoms with van der Waals surface area (Å²) in [6, 6.07) is 13.5. The monoisotopic (exact) mass is 353 g/mol. The van der Waals surface area contributed by atoms with E-state index < -0.39 is 0 Å². The van der Waals surface area contributed by atoms with Crippen LogP contribution in [0.25, 0.3) is 0 Å². The van der Waals surface area contributed by atoms with Crippen LogP contribution in [0.15, 0.2) is 54.9 Å². The van der Waals surface area contributed by atoms with Crippen molar-refractivity contribution >= 4 is 29.0 Å². The second-order valence-electron chi connectivity index (χ2n) is 5.88. The number of halogens is 2. The summed E-state index contributed by atoms with van der Waals surface area (Å²) in [5, 5.41) is 1.01. The molecule has 2 nitrogen and oxygen atoms in total. The lowest BCUT2D eigenvalue weighted by Crippen LogP contribution is -2.17. The van der Waals surface area contributed by atoms with Crippen molar-refractivity contribution in [2.45, 2.75) is 12.8 Å². The van der Waals surface area contributed by atoms with E-state index in [0.29, 0.717) is 34.0 Å². The van der Waals surface area contributed by atoms with Crippen molar-refractivity contribution in [3.8, 4) is 0 Å². The number of nitrogens with zero attached hydrogens (tertiary/aromatic N) is 1. The number of hydrogen-bond acceptors (Lipinski definition) is 2. The van der Waals surface area contributed by atoms with Crippen LogP contribution in [0.4, 0.5) is 0 Å². The van der Waals surface area contributed by atoms with Crippen LogP contribution in [0.5, 0.6) is 0 Å².